The Bertz CT molecular complexity index is 409. The molecule has 3 rings (SSSR count). The fourth-order valence-electron chi connectivity index (χ4n) is 2.80. The zero-order valence-electron chi connectivity index (χ0n) is 9.03. The molecule has 0 amide bonds. The molecule has 78 valence electrons. The van der Waals surface area contributed by atoms with E-state index in [0.717, 1.165) is 24.1 Å². The van der Waals surface area contributed by atoms with Crippen LogP contribution in [0.25, 0.3) is 5.57 Å². The van der Waals surface area contributed by atoms with E-state index in [0.29, 0.717) is 0 Å². The lowest BCUT2D eigenvalue weighted by atomic mass is 9.98. The highest BCUT2D eigenvalue weighted by molar-refractivity contribution is 5.69. The molecule has 1 aromatic rings. The van der Waals surface area contributed by atoms with Gasteiger partial charge in [-0.25, -0.2) is 0 Å². The Balaban J connectivity index is 1.93. The number of hydrogen-bond donors (Lipinski definition) is 1. The highest BCUT2D eigenvalue weighted by Gasteiger charge is 2.32. The molecule has 2 atom stereocenters. The summed E-state index contributed by atoms with van der Waals surface area (Å²) in [6.07, 6.45) is 5.55. The van der Waals surface area contributed by atoms with Gasteiger partial charge in [-0.1, -0.05) is 12.1 Å². The molecule has 1 fully saturated rings. The van der Waals surface area contributed by atoms with Crippen LogP contribution in [0.1, 0.15) is 17.7 Å². The van der Waals surface area contributed by atoms with Gasteiger partial charge in [0.15, 0.2) is 0 Å². The summed E-state index contributed by atoms with van der Waals surface area (Å²) >= 11 is 0. The zero-order chi connectivity index (χ0) is 10.3. The number of allylic oxidation sites excluding steroid dienone is 1. The second kappa shape index (κ2) is 3.46. The van der Waals surface area contributed by atoms with E-state index in [1.165, 1.54) is 24.1 Å². The van der Waals surface area contributed by atoms with Gasteiger partial charge in [-0.2, -0.15) is 0 Å². The molecule has 2 nitrogen and oxygen atoms in total. The molecule has 2 heteroatoms. The van der Waals surface area contributed by atoms with Gasteiger partial charge < -0.3 is 5.32 Å². The van der Waals surface area contributed by atoms with Crippen molar-refractivity contribution in [1.82, 2.24) is 10.3 Å². The average molecular weight is 200 g/mol. The third-order valence-corrected chi connectivity index (χ3v) is 3.64. The summed E-state index contributed by atoms with van der Waals surface area (Å²) in [6.45, 7) is 4.44. The summed E-state index contributed by atoms with van der Waals surface area (Å²) in [4.78, 5) is 4.36. The van der Waals surface area contributed by atoms with Gasteiger partial charge in [0.05, 0.1) is 0 Å². The minimum Gasteiger partial charge on any atom is -0.316 e. The quantitative estimate of drug-likeness (QED) is 0.750. The van der Waals surface area contributed by atoms with Crippen molar-refractivity contribution in [2.24, 2.45) is 11.8 Å². The predicted molar refractivity (Wildman–Crippen MR) is 61.4 cm³/mol. The lowest BCUT2D eigenvalue weighted by Crippen LogP contribution is -2.09. The maximum Gasteiger partial charge on any atom is 0.0447 e. The summed E-state index contributed by atoms with van der Waals surface area (Å²) in [6, 6.07) is 4.23. The molecule has 2 heterocycles. The molecule has 0 unspecified atom stereocenters. The van der Waals surface area contributed by atoms with Gasteiger partial charge in [-0.3, -0.25) is 4.98 Å². The maximum absolute atomic E-state index is 4.36. The minimum atomic E-state index is 0.764. The van der Waals surface area contributed by atoms with Crippen LogP contribution in [0, 0.1) is 18.8 Å². The lowest BCUT2D eigenvalue weighted by molar-refractivity contribution is 0.536. The first-order valence-corrected chi connectivity index (χ1v) is 5.68. The first kappa shape index (κ1) is 9.10. The summed E-state index contributed by atoms with van der Waals surface area (Å²) < 4.78 is 0. The maximum atomic E-state index is 4.36. The van der Waals surface area contributed by atoms with Crippen LogP contribution in [0.5, 0.6) is 0 Å². The van der Waals surface area contributed by atoms with Crippen LogP contribution in [-0.2, 0) is 0 Å². The fraction of sp³-hybridized carbons (Fsp3) is 0.462. The number of fused-ring (bicyclic) bond motifs is 1. The molecular weight excluding hydrogens is 184 g/mol. The summed E-state index contributed by atoms with van der Waals surface area (Å²) in [7, 11) is 0. The van der Waals surface area contributed by atoms with Gasteiger partial charge >= 0.3 is 0 Å². The number of rotatable bonds is 1. The summed E-state index contributed by atoms with van der Waals surface area (Å²) in [5.74, 6) is 1.60. The smallest absolute Gasteiger partial charge is 0.0447 e. The van der Waals surface area contributed by atoms with Crippen LogP contribution in [0.3, 0.4) is 0 Å². The highest BCUT2D eigenvalue weighted by Crippen LogP contribution is 2.38. The van der Waals surface area contributed by atoms with Crippen molar-refractivity contribution in [2.75, 3.05) is 13.1 Å². The van der Waals surface area contributed by atoms with E-state index in [2.05, 4.69) is 29.4 Å². The predicted octanol–water partition coefficient (Wildman–Crippen LogP) is 2.01. The summed E-state index contributed by atoms with van der Waals surface area (Å²) in [5.41, 5.74) is 4.03. The first-order chi connectivity index (χ1) is 7.34. The van der Waals surface area contributed by atoms with E-state index < -0.39 is 0 Å². The van der Waals surface area contributed by atoms with Gasteiger partial charge in [0.2, 0.25) is 0 Å². The van der Waals surface area contributed by atoms with Gasteiger partial charge in [0.1, 0.15) is 0 Å². The number of pyridine rings is 1. The topological polar surface area (TPSA) is 24.9 Å². The molecule has 2 aliphatic rings. The van der Waals surface area contributed by atoms with E-state index >= 15 is 0 Å². The molecular formula is C13H16N2. The molecule has 0 saturated carbocycles. The molecule has 15 heavy (non-hydrogen) atoms. The molecule has 1 aliphatic carbocycles. The van der Waals surface area contributed by atoms with E-state index in [-0.39, 0.29) is 0 Å². The Labute approximate surface area is 90.4 Å². The normalized spacial score (nSPS) is 29.0. The third-order valence-electron chi connectivity index (χ3n) is 3.64. The SMILES string of the molecule is Cc1ncccc1C1=C[C@@H]2CNC[C@@H]2C1. The van der Waals surface area contributed by atoms with Gasteiger partial charge in [-0.05, 0) is 48.9 Å². The van der Waals surface area contributed by atoms with E-state index in [1.54, 1.807) is 0 Å². The molecule has 0 aromatic carbocycles. The van der Waals surface area contributed by atoms with Crippen LogP contribution in [-0.4, -0.2) is 18.1 Å². The minimum absolute atomic E-state index is 0.764. The Morgan fingerprint density at radius 3 is 3.13 bits per heavy atom. The Hall–Kier alpha value is -1.15. The standard InChI is InChI=1S/C13H16N2/c1-9-13(3-2-4-15-9)10-5-11-7-14-8-12(11)6-10/h2-5,11-12,14H,6-8H2,1H3/t11-,12+/m1/s1. The number of nitrogens with one attached hydrogen (secondary N) is 1. The Morgan fingerprint density at radius 2 is 2.33 bits per heavy atom. The lowest BCUT2D eigenvalue weighted by Gasteiger charge is -2.08. The van der Waals surface area contributed by atoms with Crippen LogP contribution in [0.15, 0.2) is 24.4 Å². The van der Waals surface area contributed by atoms with E-state index in [1.807, 2.05) is 12.3 Å². The number of nitrogens with zero attached hydrogens (tertiary/aromatic N) is 1. The van der Waals surface area contributed by atoms with Crippen LogP contribution < -0.4 is 5.32 Å². The van der Waals surface area contributed by atoms with E-state index in [4.69, 9.17) is 0 Å². The molecule has 0 bridgehead atoms. The van der Waals surface area contributed by atoms with Crippen LogP contribution in [0.4, 0.5) is 0 Å². The molecule has 1 aliphatic heterocycles. The van der Waals surface area contributed by atoms with Crippen LogP contribution in [0.2, 0.25) is 0 Å². The van der Waals surface area contributed by atoms with Crippen molar-refractivity contribution in [3.8, 4) is 0 Å². The Kier molecular flexibility index (Phi) is 2.10. The third kappa shape index (κ3) is 1.49. The molecule has 1 aromatic heterocycles. The molecule has 0 radical (unpaired) electrons. The van der Waals surface area contributed by atoms with Gasteiger partial charge in [-0.15, -0.1) is 0 Å². The zero-order valence-corrected chi connectivity index (χ0v) is 9.03. The first-order valence-electron chi connectivity index (χ1n) is 5.68. The highest BCUT2D eigenvalue weighted by atomic mass is 14.9. The Morgan fingerprint density at radius 1 is 1.40 bits per heavy atom. The fourth-order valence-corrected chi connectivity index (χ4v) is 2.80. The summed E-state index contributed by atoms with van der Waals surface area (Å²) in [5, 5.41) is 3.45. The molecule has 1 N–H and O–H groups in total. The monoisotopic (exact) mass is 200 g/mol. The second-order valence-corrected chi connectivity index (χ2v) is 4.61. The average Bonchev–Trinajstić information content (AvgIpc) is 2.77. The van der Waals surface area contributed by atoms with Crippen molar-refractivity contribution >= 4 is 5.57 Å². The van der Waals surface area contributed by atoms with Crippen molar-refractivity contribution in [3.63, 3.8) is 0 Å². The number of aryl methyl sites for hydroxylation is 1. The van der Waals surface area contributed by atoms with Crippen molar-refractivity contribution in [1.29, 1.82) is 0 Å². The van der Waals surface area contributed by atoms with Crippen molar-refractivity contribution in [3.05, 3.63) is 35.7 Å². The largest absolute Gasteiger partial charge is 0.316 e. The van der Waals surface area contributed by atoms with Crippen LogP contribution >= 0.6 is 0 Å². The second-order valence-electron chi connectivity index (χ2n) is 4.61. The number of hydrogen-bond acceptors (Lipinski definition) is 2. The van der Waals surface area contributed by atoms with Crippen molar-refractivity contribution < 1.29 is 0 Å². The van der Waals surface area contributed by atoms with Gasteiger partial charge in [0, 0.05) is 18.4 Å². The van der Waals surface area contributed by atoms with E-state index in [9.17, 15) is 0 Å². The molecule has 0 spiro atoms. The molecule has 1 saturated heterocycles. The number of aromatic nitrogens is 1. The van der Waals surface area contributed by atoms with Crippen molar-refractivity contribution in [2.45, 2.75) is 13.3 Å². The van der Waals surface area contributed by atoms with Gasteiger partial charge in [0.25, 0.3) is 0 Å².